The lowest BCUT2D eigenvalue weighted by Crippen LogP contribution is -2.44. The Bertz CT molecular complexity index is 1410. The molecule has 4 aliphatic rings. The molecule has 1 unspecified atom stereocenters. The van der Waals surface area contributed by atoms with E-state index in [2.05, 4.69) is 61.3 Å². The summed E-state index contributed by atoms with van der Waals surface area (Å²) in [5.74, 6) is 1.35. The number of carbonyl (C=O) groups is 2. The number of fused-ring (bicyclic) bond motifs is 1. The van der Waals surface area contributed by atoms with E-state index in [-0.39, 0.29) is 24.0 Å². The van der Waals surface area contributed by atoms with Gasteiger partial charge in [0.05, 0.1) is 24.1 Å². The summed E-state index contributed by atoms with van der Waals surface area (Å²) >= 11 is 1.88. The van der Waals surface area contributed by atoms with Crippen LogP contribution in [0.25, 0.3) is 6.08 Å². The fraction of sp³-hybridized carbons (Fsp3) is 0.545. The number of hydrogen-bond donors (Lipinski definition) is 4. The zero-order chi connectivity index (χ0) is 31.2. The van der Waals surface area contributed by atoms with Crippen LogP contribution in [0.1, 0.15) is 62.3 Å². The second-order valence-electron chi connectivity index (χ2n) is 12.6. The topological polar surface area (TPSA) is 138 Å². The summed E-state index contributed by atoms with van der Waals surface area (Å²) in [6.07, 6.45) is 11.6. The molecule has 4 atom stereocenters. The maximum Gasteiger partial charge on any atom is 0.315 e. The van der Waals surface area contributed by atoms with Crippen molar-refractivity contribution in [2.75, 3.05) is 54.5 Å². The van der Waals surface area contributed by atoms with Crippen molar-refractivity contribution in [1.29, 1.82) is 5.26 Å². The number of thioether (sulfide) groups is 1. The Morgan fingerprint density at radius 3 is 2.71 bits per heavy atom. The van der Waals surface area contributed by atoms with Gasteiger partial charge < -0.3 is 31.1 Å². The Balaban J connectivity index is 1.19. The number of nitrogens with zero attached hydrogens (tertiary/aromatic N) is 5. The van der Waals surface area contributed by atoms with E-state index >= 15 is 0 Å². The fourth-order valence-electron chi connectivity index (χ4n) is 6.79. The average molecular weight is 630 g/mol. The van der Waals surface area contributed by atoms with Crippen LogP contribution < -0.4 is 26.2 Å². The number of likely N-dealkylation sites (N-methyl/N-ethyl adjacent to an activating group) is 1. The van der Waals surface area contributed by atoms with E-state index in [1.807, 2.05) is 23.9 Å². The molecule has 0 radical (unpaired) electrons. The van der Waals surface area contributed by atoms with E-state index in [1.54, 1.807) is 12.3 Å². The Morgan fingerprint density at radius 2 is 1.96 bits per heavy atom. The normalized spacial score (nSPS) is 24.2. The minimum atomic E-state index is -0.557. The number of aromatic nitrogens is 2. The number of urea groups is 1. The first-order valence-electron chi connectivity index (χ1n) is 16.2. The predicted octanol–water partition coefficient (Wildman–Crippen LogP) is 4.18. The summed E-state index contributed by atoms with van der Waals surface area (Å²) < 4.78 is 0. The van der Waals surface area contributed by atoms with Gasteiger partial charge in [0, 0.05) is 72.4 Å². The number of piperazine rings is 1. The number of amides is 3. The molecule has 1 aromatic carbocycles. The van der Waals surface area contributed by atoms with Gasteiger partial charge in [-0.3, -0.25) is 4.79 Å². The van der Waals surface area contributed by atoms with Gasteiger partial charge in [0.1, 0.15) is 11.6 Å². The largest absolute Gasteiger partial charge is 0.369 e. The van der Waals surface area contributed by atoms with Crippen molar-refractivity contribution < 1.29 is 9.59 Å². The number of nitriles is 1. The first-order valence-corrected chi connectivity index (χ1v) is 17.2. The van der Waals surface area contributed by atoms with E-state index in [0.29, 0.717) is 29.4 Å². The minimum Gasteiger partial charge on any atom is -0.369 e. The molecule has 45 heavy (non-hydrogen) atoms. The fourth-order valence-corrected chi connectivity index (χ4v) is 8.34. The molecule has 3 amide bonds. The SMILES string of the molecule is CN1CCN(c2ccc(NC(=O)C(CCC[C@@H]3SC[C@@H]4NC(=O)N[C@@H]43)c3ncc(C=CC#N)c(NC4CCCC4)n3)cc2)CC1. The van der Waals surface area contributed by atoms with E-state index in [1.165, 1.54) is 18.9 Å². The summed E-state index contributed by atoms with van der Waals surface area (Å²) in [5, 5.41) is 22.2. The zero-order valence-electron chi connectivity index (χ0n) is 25.9. The molecule has 12 heteroatoms. The van der Waals surface area contributed by atoms with Crippen molar-refractivity contribution >= 4 is 47.0 Å². The number of benzene rings is 1. The maximum atomic E-state index is 13.9. The van der Waals surface area contributed by atoms with Gasteiger partial charge in [0.15, 0.2) is 0 Å². The molecule has 4 fully saturated rings. The molecule has 1 aromatic heterocycles. The standard InChI is InChI=1S/C33H43N9O2S/c1-41-16-18-42(19-17-41)25-13-11-24(12-14-25)37-32(43)26(9-4-10-28-29-27(21-45-28)38-33(44)39-29)31-35-20-22(6-5-15-34)30(40-31)36-23-7-2-3-8-23/h5-6,11-14,20,23,26-29H,2-4,7-10,16-19,21H2,1H3,(H,37,43)(H,35,36,40)(H2,38,39,44)/t26?,27-,28-,29-/m0/s1. The second kappa shape index (κ2) is 14.5. The summed E-state index contributed by atoms with van der Waals surface area (Å²) in [6.45, 7) is 4.04. The van der Waals surface area contributed by atoms with E-state index in [0.717, 1.165) is 74.6 Å². The molecule has 1 saturated carbocycles. The molecular weight excluding hydrogens is 586 g/mol. The minimum absolute atomic E-state index is 0.0903. The molecule has 1 aliphatic carbocycles. The molecule has 3 aliphatic heterocycles. The van der Waals surface area contributed by atoms with Crippen molar-refractivity contribution in [3.05, 3.63) is 47.9 Å². The molecule has 4 N–H and O–H groups in total. The quantitative estimate of drug-likeness (QED) is 0.213. The number of carbonyl (C=O) groups excluding carboxylic acids is 2. The van der Waals surface area contributed by atoms with Gasteiger partial charge in [-0.15, -0.1) is 0 Å². The monoisotopic (exact) mass is 629 g/mol. The Morgan fingerprint density at radius 1 is 1.18 bits per heavy atom. The van der Waals surface area contributed by atoms with Gasteiger partial charge in [-0.05, 0) is 63.1 Å². The number of anilines is 3. The highest BCUT2D eigenvalue weighted by Gasteiger charge is 2.42. The molecular formula is C33H43N9O2S. The summed E-state index contributed by atoms with van der Waals surface area (Å²) in [7, 11) is 2.15. The average Bonchev–Trinajstić information content (AvgIpc) is 3.78. The third kappa shape index (κ3) is 7.71. The Kier molecular flexibility index (Phi) is 10.1. The van der Waals surface area contributed by atoms with Gasteiger partial charge in [-0.1, -0.05) is 19.3 Å². The molecule has 238 valence electrons. The third-order valence-electron chi connectivity index (χ3n) is 9.42. The van der Waals surface area contributed by atoms with Crippen LogP contribution in [0.15, 0.2) is 36.5 Å². The summed E-state index contributed by atoms with van der Waals surface area (Å²) in [6, 6.07) is 10.7. The van der Waals surface area contributed by atoms with Crippen LogP contribution in [-0.4, -0.2) is 89.2 Å². The van der Waals surface area contributed by atoms with E-state index in [9.17, 15) is 9.59 Å². The van der Waals surface area contributed by atoms with Crippen molar-refractivity contribution in [3.8, 4) is 6.07 Å². The van der Waals surface area contributed by atoms with E-state index in [4.69, 9.17) is 10.2 Å². The predicted molar refractivity (Wildman–Crippen MR) is 179 cm³/mol. The van der Waals surface area contributed by atoms with Crippen molar-refractivity contribution in [3.63, 3.8) is 0 Å². The molecule has 4 heterocycles. The summed E-state index contributed by atoms with van der Waals surface area (Å²) in [4.78, 5) is 40.1. The van der Waals surface area contributed by atoms with Crippen LogP contribution in [0.4, 0.5) is 22.0 Å². The highest BCUT2D eigenvalue weighted by Crippen LogP contribution is 2.35. The van der Waals surface area contributed by atoms with Crippen molar-refractivity contribution in [2.24, 2.45) is 0 Å². The second-order valence-corrected chi connectivity index (χ2v) is 13.8. The van der Waals surface area contributed by atoms with Crippen LogP contribution in [0.5, 0.6) is 0 Å². The first-order chi connectivity index (χ1) is 22.0. The number of nitrogens with one attached hydrogen (secondary N) is 4. The van der Waals surface area contributed by atoms with E-state index < -0.39 is 5.92 Å². The molecule has 3 saturated heterocycles. The van der Waals surface area contributed by atoms with Gasteiger partial charge in [-0.2, -0.15) is 17.0 Å². The zero-order valence-corrected chi connectivity index (χ0v) is 26.7. The lowest BCUT2D eigenvalue weighted by Gasteiger charge is -2.34. The van der Waals surface area contributed by atoms with Gasteiger partial charge in [-0.25, -0.2) is 14.8 Å². The van der Waals surface area contributed by atoms with Crippen LogP contribution in [0.3, 0.4) is 0 Å². The molecule has 0 bridgehead atoms. The van der Waals surface area contributed by atoms with Gasteiger partial charge >= 0.3 is 6.03 Å². The van der Waals surface area contributed by atoms with Crippen LogP contribution in [0, 0.1) is 11.3 Å². The van der Waals surface area contributed by atoms with Crippen LogP contribution in [-0.2, 0) is 4.79 Å². The number of allylic oxidation sites excluding steroid dienone is 1. The smallest absolute Gasteiger partial charge is 0.315 e. The molecule has 0 spiro atoms. The van der Waals surface area contributed by atoms with Crippen molar-refractivity contribution in [1.82, 2.24) is 25.5 Å². The first kappa shape index (κ1) is 31.2. The molecule has 2 aromatic rings. The highest BCUT2D eigenvalue weighted by molar-refractivity contribution is 8.00. The van der Waals surface area contributed by atoms with Gasteiger partial charge in [0.25, 0.3) is 0 Å². The Hall–Kier alpha value is -3.82. The molecule has 6 rings (SSSR count). The lowest BCUT2D eigenvalue weighted by atomic mass is 9.96. The lowest BCUT2D eigenvalue weighted by molar-refractivity contribution is -0.117. The van der Waals surface area contributed by atoms with Gasteiger partial charge in [0.2, 0.25) is 5.91 Å². The van der Waals surface area contributed by atoms with Crippen molar-refractivity contribution in [2.45, 2.75) is 74.2 Å². The molecule has 11 nitrogen and oxygen atoms in total. The Labute approximate surface area is 269 Å². The highest BCUT2D eigenvalue weighted by atomic mass is 32.2. The number of rotatable bonds is 11. The van der Waals surface area contributed by atoms with Crippen LogP contribution >= 0.6 is 11.8 Å². The summed E-state index contributed by atoms with van der Waals surface area (Å²) in [5.41, 5.74) is 2.64. The maximum absolute atomic E-state index is 13.9. The van der Waals surface area contributed by atoms with Crippen LogP contribution in [0.2, 0.25) is 0 Å². The third-order valence-corrected chi connectivity index (χ3v) is 10.9. The number of hydrogen-bond acceptors (Lipinski definition) is 9.